The number of aryl methyl sites for hydroxylation is 1. The van der Waals surface area contributed by atoms with Gasteiger partial charge in [-0.2, -0.15) is 0 Å². The van der Waals surface area contributed by atoms with Crippen molar-refractivity contribution < 1.29 is 19.5 Å². The fraction of sp³-hybridized carbons (Fsp3) is 0.231. The van der Waals surface area contributed by atoms with Crippen LogP contribution in [0.2, 0.25) is 0 Å². The van der Waals surface area contributed by atoms with Crippen molar-refractivity contribution in [2.24, 2.45) is 12.8 Å². The number of amides is 2. The van der Waals surface area contributed by atoms with Crippen molar-refractivity contribution in [3.05, 3.63) is 28.9 Å². The molecule has 3 N–H and O–H groups in total. The Kier molecular flexibility index (Phi) is 4.67. The fourth-order valence-corrected chi connectivity index (χ4v) is 3.35. The zero-order valence-electron chi connectivity index (χ0n) is 11.6. The number of nitrogens with two attached hydrogens (primary N) is 1. The number of hydrogen-bond acceptors (Lipinski definition) is 5. The maximum atomic E-state index is 12.4. The number of primary amides is 1. The molecule has 1 atom stereocenters. The molecule has 0 radical (unpaired) electrons. The number of carboxylic acids is 1. The number of aliphatic carboxylic acids is 1. The molecule has 0 aliphatic carbocycles. The molecule has 0 spiro atoms. The van der Waals surface area contributed by atoms with Crippen LogP contribution in [-0.2, 0) is 21.4 Å². The lowest BCUT2D eigenvalue weighted by molar-refractivity contribution is -0.146. The average Bonchev–Trinajstić information content (AvgIpc) is 2.92. The second-order valence-corrected chi connectivity index (χ2v) is 6.36. The van der Waals surface area contributed by atoms with Gasteiger partial charge in [0.1, 0.15) is 10.4 Å². The van der Waals surface area contributed by atoms with Crippen LogP contribution in [0.25, 0.3) is 6.08 Å². The van der Waals surface area contributed by atoms with Crippen LogP contribution in [0.1, 0.15) is 12.0 Å². The molecule has 1 aliphatic rings. The Balaban J connectivity index is 2.29. The van der Waals surface area contributed by atoms with Gasteiger partial charge in [0.15, 0.2) is 0 Å². The molecule has 7 nitrogen and oxygen atoms in total. The fourth-order valence-electron chi connectivity index (χ4n) is 1.99. The third-order valence-electron chi connectivity index (χ3n) is 2.97. The first-order valence-electron chi connectivity index (χ1n) is 6.19. The minimum atomic E-state index is -1.38. The highest BCUT2D eigenvalue weighted by Crippen LogP contribution is 2.34. The summed E-state index contributed by atoms with van der Waals surface area (Å²) in [5.74, 6) is -2.67. The van der Waals surface area contributed by atoms with Crippen molar-refractivity contribution >= 4 is 52.2 Å². The van der Waals surface area contributed by atoms with Crippen molar-refractivity contribution in [2.75, 3.05) is 0 Å². The molecule has 2 rings (SSSR count). The monoisotopic (exact) mass is 339 g/mol. The van der Waals surface area contributed by atoms with Gasteiger partial charge in [-0.3, -0.25) is 14.5 Å². The van der Waals surface area contributed by atoms with Gasteiger partial charge in [-0.1, -0.05) is 24.0 Å². The van der Waals surface area contributed by atoms with Crippen LogP contribution in [-0.4, -0.2) is 42.7 Å². The van der Waals surface area contributed by atoms with Gasteiger partial charge in [-0.05, 0) is 17.7 Å². The minimum Gasteiger partial charge on any atom is -0.480 e. The van der Waals surface area contributed by atoms with Crippen molar-refractivity contribution in [3.8, 4) is 0 Å². The summed E-state index contributed by atoms with van der Waals surface area (Å²) in [4.78, 5) is 35.9. The molecule has 2 amide bonds. The number of hydrogen-bond donors (Lipinski definition) is 2. The largest absolute Gasteiger partial charge is 0.480 e. The smallest absolute Gasteiger partial charge is 0.327 e. The number of thiocarbonyl (C=S) groups is 1. The second-order valence-electron chi connectivity index (χ2n) is 4.69. The SMILES string of the molecule is Cn1ccc(/C=C2/SC(=S)N([C@H](CC(N)=O)C(=O)O)C2=O)c1. The van der Waals surface area contributed by atoms with Gasteiger partial charge in [0.05, 0.1) is 11.3 Å². The Bertz CT molecular complexity index is 695. The van der Waals surface area contributed by atoms with E-state index in [9.17, 15) is 19.5 Å². The van der Waals surface area contributed by atoms with Crippen molar-refractivity contribution in [3.63, 3.8) is 0 Å². The lowest BCUT2D eigenvalue weighted by Crippen LogP contribution is -2.46. The Hall–Kier alpha value is -2.13. The predicted octanol–water partition coefficient (Wildman–Crippen LogP) is 0.555. The Labute approximate surface area is 135 Å². The van der Waals surface area contributed by atoms with Crippen LogP contribution >= 0.6 is 24.0 Å². The van der Waals surface area contributed by atoms with E-state index < -0.39 is 30.2 Å². The summed E-state index contributed by atoms with van der Waals surface area (Å²) in [5, 5.41) is 9.20. The van der Waals surface area contributed by atoms with Gasteiger partial charge in [0, 0.05) is 19.4 Å². The van der Waals surface area contributed by atoms with Crippen LogP contribution in [0.3, 0.4) is 0 Å². The average molecular weight is 339 g/mol. The molecular formula is C13H13N3O4S2. The highest BCUT2D eigenvalue weighted by Gasteiger charge is 2.41. The van der Waals surface area contributed by atoms with Gasteiger partial charge in [-0.25, -0.2) is 4.79 Å². The summed E-state index contributed by atoms with van der Waals surface area (Å²) in [7, 11) is 1.84. The number of carbonyl (C=O) groups is 3. The molecule has 1 aromatic heterocycles. The van der Waals surface area contributed by atoms with E-state index in [0.717, 1.165) is 22.2 Å². The van der Waals surface area contributed by atoms with Crippen LogP contribution in [0.5, 0.6) is 0 Å². The highest BCUT2D eigenvalue weighted by molar-refractivity contribution is 8.26. The van der Waals surface area contributed by atoms with Crippen LogP contribution in [0.15, 0.2) is 23.4 Å². The third-order valence-corrected chi connectivity index (χ3v) is 4.30. The lowest BCUT2D eigenvalue weighted by atomic mass is 10.1. The number of rotatable bonds is 5. The zero-order valence-corrected chi connectivity index (χ0v) is 13.2. The van der Waals surface area contributed by atoms with E-state index in [2.05, 4.69) is 0 Å². The predicted molar refractivity (Wildman–Crippen MR) is 85.7 cm³/mol. The first-order chi connectivity index (χ1) is 10.3. The first-order valence-corrected chi connectivity index (χ1v) is 7.42. The van der Waals surface area contributed by atoms with Crippen molar-refractivity contribution in [2.45, 2.75) is 12.5 Å². The Morgan fingerprint density at radius 3 is 2.73 bits per heavy atom. The summed E-state index contributed by atoms with van der Waals surface area (Å²) < 4.78 is 1.92. The lowest BCUT2D eigenvalue weighted by Gasteiger charge is -2.21. The zero-order chi connectivity index (χ0) is 16.4. The molecule has 1 aromatic rings. The van der Waals surface area contributed by atoms with E-state index in [0.29, 0.717) is 4.91 Å². The summed E-state index contributed by atoms with van der Waals surface area (Å²) in [6.45, 7) is 0. The highest BCUT2D eigenvalue weighted by atomic mass is 32.2. The van der Waals surface area contributed by atoms with Crippen LogP contribution in [0.4, 0.5) is 0 Å². The molecule has 0 saturated carbocycles. The Morgan fingerprint density at radius 1 is 1.55 bits per heavy atom. The van der Waals surface area contributed by atoms with E-state index in [-0.39, 0.29) is 4.32 Å². The summed E-state index contributed by atoms with van der Waals surface area (Å²) in [6.07, 6.45) is 4.77. The number of carboxylic acid groups (broad SMARTS) is 1. The molecule has 2 heterocycles. The number of thioether (sulfide) groups is 1. The summed E-state index contributed by atoms with van der Waals surface area (Å²) in [5.41, 5.74) is 5.84. The van der Waals surface area contributed by atoms with E-state index >= 15 is 0 Å². The van der Waals surface area contributed by atoms with Gasteiger partial charge in [0.2, 0.25) is 5.91 Å². The molecular weight excluding hydrogens is 326 g/mol. The quantitative estimate of drug-likeness (QED) is 0.600. The molecule has 22 heavy (non-hydrogen) atoms. The first kappa shape index (κ1) is 16.2. The second kappa shape index (κ2) is 6.32. The normalized spacial score (nSPS) is 18.0. The summed E-state index contributed by atoms with van der Waals surface area (Å²) >= 11 is 6.07. The third kappa shape index (κ3) is 3.37. The number of aromatic nitrogens is 1. The maximum absolute atomic E-state index is 12.4. The topological polar surface area (TPSA) is 106 Å². The molecule has 116 valence electrons. The molecule has 9 heteroatoms. The van der Waals surface area contributed by atoms with E-state index in [1.807, 2.05) is 30.1 Å². The van der Waals surface area contributed by atoms with Gasteiger partial charge in [-0.15, -0.1) is 0 Å². The van der Waals surface area contributed by atoms with Crippen molar-refractivity contribution in [1.29, 1.82) is 0 Å². The number of carbonyl (C=O) groups excluding carboxylic acids is 2. The molecule has 0 bridgehead atoms. The van der Waals surface area contributed by atoms with Crippen molar-refractivity contribution in [1.82, 2.24) is 9.47 Å². The van der Waals surface area contributed by atoms with E-state index in [1.165, 1.54) is 0 Å². The molecule has 1 fully saturated rings. The molecule has 0 aromatic carbocycles. The van der Waals surface area contributed by atoms with Gasteiger partial charge < -0.3 is 15.4 Å². The van der Waals surface area contributed by atoms with E-state index in [1.54, 1.807) is 6.08 Å². The van der Waals surface area contributed by atoms with Crippen LogP contribution < -0.4 is 5.73 Å². The molecule has 1 saturated heterocycles. The van der Waals surface area contributed by atoms with Gasteiger partial charge in [0.25, 0.3) is 5.91 Å². The minimum absolute atomic E-state index is 0.0980. The van der Waals surface area contributed by atoms with E-state index in [4.69, 9.17) is 18.0 Å². The maximum Gasteiger partial charge on any atom is 0.327 e. The van der Waals surface area contributed by atoms with Gasteiger partial charge >= 0.3 is 5.97 Å². The molecule has 1 aliphatic heterocycles. The Morgan fingerprint density at radius 2 is 2.23 bits per heavy atom. The standard InChI is InChI=1S/C13H13N3O4S2/c1-15-3-2-7(6-15)4-9-11(18)16(13(21)22-9)8(12(19)20)5-10(14)17/h2-4,6,8H,5H2,1H3,(H2,14,17)(H,19,20)/b9-4+/t8-/m1/s1. The number of nitrogens with zero attached hydrogens (tertiary/aromatic N) is 2. The summed E-state index contributed by atoms with van der Waals surface area (Å²) in [6, 6.07) is 0.427. The molecule has 0 unspecified atom stereocenters. The van der Waals surface area contributed by atoms with Crippen LogP contribution in [0, 0.1) is 0 Å².